The number of piperidine rings is 1. The second-order valence-electron chi connectivity index (χ2n) is 6.65. The first-order valence-electron chi connectivity index (χ1n) is 8.67. The third-order valence-corrected chi connectivity index (χ3v) is 5.16. The highest BCUT2D eigenvalue weighted by Gasteiger charge is 2.25. The molecule has 0 spiro atoms. The molecule has 5 nitrogen and oxygen atoms in total. The van der Waals surface area contributed by atoms with Gasteiger partial charge in [-0.25, -0.2) is 0 Å². The van der Waals surface area contributed by atoms with Gasteiger partial charge in [-0.05, 0) is 44.5 Å². The first-order valence-corrected chi connectivity index (χ1v) is 8.67. The van der Waals surface area contributed by atoms with Gasteiger partial charge >= 0.3 is 0 Å². The number of hydrogen-bond donors (Lipinski definition) is 1. The molecule has 0 aliphatic carbocycles. The van der Waals surface area contributed by atoms with Crippen LogP contribution >= 0.6 is 0 Å². The molecular weight excluding hydrogens is 300 g/mol. The van der Waals surface area contributed by atoms with E-state index in [4.69, 9.17) is 0 Å². The smallest absolute Gasteiger partial charge is 0.236 e. The number of carbonyl (C=O) groups is 1. The van der Waals surface area contributed by atoms with E-state index in [9.17, 15) is 4.79 Å². The molecule has 1 saturated heterocycles. The van der Waals surface area contributed by atoms with Crippen LogP contribution in [0.15, 0.2) is 42.6 Å². The zero-order chi connectivity index (χ0) is 16.9. The van der Waals surface area contributed by atoms with E-state index < -0.39 is 0 Å². The minimum absolute atomic E-state index is 0.0984. The van der Waals surface area contributed by atoms with Gasteiger partial charge in [-0.2, -0.15) is 5.10 Å². The molecule has 1 aromatic heterocycles. The van der Waals surface area contributed by atoms with Crippen molar-refractivity contribution in [2.24, 2.45) is 0 Å². The van der Waals surface area contributed by atoms with Crippen LogP contribution in [0.25, 0.3) is 0 Å². The summed E-state index contributed by atoms with van der Waals surface area (Å²) >= 11 is 0. The fourth-order valence-corrected chi connectivity index (χ4v) is 3.37. The Kier molecular flexibility index (Phi) is 5.30. The van der Waals surface area contributed by atoms with Gasteiger partial charge in [-0.15, -0.1) is 0 Å². The summed E-state index contributed by atoms with van der Waals surface area (Å²) in [6, 6.07) is 12.3. The maximum Gasteiger partial charge on any atom is 0.236 e. The number of nitrogens with one attached hydrogen (secondary N) is 1. The van der Waals surface area contributed by atoms with Crippen molar-refractivity contribution in [2.75, 3.05) is 26.7 Å². The molecule has 2 heterocycles. The SMILES string of the molecule is C[C@H](c1ccccc1)N(C)C(=O)CN1CCC(c2ccn[nH]2)CC1. The van der Waals surface area contributed by atoms with Crippen molar-refractivity contribution in [2.45, 2.75) is 31.7 Å². The summed E-state index contributed by atoms with van der Waals surface area (Å²) in [5, 5.41) is 7.11. The van der Waals surface area contributed by atoms with Crippen LogP contribution in [0.2, 0.25) is 0 Å². The lowest BCUT2D eigenvalue weighted by Crippen LogP contribution is -2.42. The van der Waals surface area contributed by atoms with Gasteiger partial charge in [-0.1, -0.05) is 30.3 Å². The van der Waals surface area contributed by atoms with Gasteiger partial charge in [-0.3, -0.25) is 14.8 Å². The third-order valence-electron chi connectivity index (χ3n) is 5.16. The number of H-pyrrole nitrogens is 1. The highest BCUT2D eigenvalue weighted by Crippen LogP contribution is 2.26. The Labute approximate surface area is 143 Å². The molecule has 2 aromatic rings. The fourth-order valence-electron chi connectivity index (χ4n) is 3.37. The molecule has 0 bridgehead atoms. The Balaban J connectivity index is 1.50. The molecule has 0 unspecified atom stereocenters. The number of likely N-dealkylation sites (tertiary alicyclic amines) is 1. The first-order chi connectivity index (χ1) is 11.6. The number of benzene rings is 1. The second-order valence-corrected chi connectivity index (χ2v) is 6.65. The Hall–Kier alpha value is -2.14. The van der Waals surface area contributed by atoms with Gasteiger partial charge < -0.3 is 4.90 Å². The van der Waals surface area contributed by atoms with Gasteiger partial charge in [0.05, 0.1) is 12.6 Å². The summed E-state index contributed by atoms with van der Waals surface area (Å²) in [6.07, 6.45) is 3.96. The van der Waals surface area contributed by atoms with Crippen LogP contribution in [0.4, 0.5) is 0 Å². The van der Waals surface area contributed by atoms with Crippen LogP contribution < -0.4 is 0 Å². The van der Waals surface area contributed by atoms with Crippen LogP contribution in [-0.4, -0.2) is 52.6 Å². The van der Waals surface area contributed by atoms with Crippen LogP contribution in [-0.2, 0) is 4.79 Å². The maximum atomic E-state index is 12.6. The molecule has 3 rings (SSSR count). The van der Waals surface area contributed by atoms with Crippen molar-refractivity contribution in [3.05, 3.63) is 53.9 Å². The monoisotopic (exact) mass is 326 g/mol. The van der Waals surface area contributed by atoms with Crippen LogP contribution in [0.1, 0.15) is 43.0 Å². The zero-order valence-electron chi connectivity index (χ0n) is 14.5. The minimum Gasteiger partial charge on any atom is -0.338 e. The van der Waals surface area contributed by atoms with Gasteiger partial charge in [0.2, 0.25) is 5.91 Å². The Bertz CT molecular complexity index is 633. The minimum atomic E-state index is 0.0984. The molecule has 1 fully saturated rings. The molecule has 1 aliphatic rings. The topological polar surface area (TPSA) is 52.2 Å². The van der Waals surface area contributed by atoms with Gasteiger partial charge in [0, 0.05) is 24.9 Å². The molecule has 5 heteroatoms. The number of rotatable bonds is 5. The van der Waals surface area contributed by atoms with Crippen molar-refractivity contribution in [3.8, 4) is 0 Å². The van der Waals surface area contributed by atoms with Crippen molar-refractivity contribution in [1.29, 1.82) is 0 Å². The number of aromatic amines is 1. The first kappa shape index (κ1) is 16.7. The van der Waals surface area contributed by atoms with Gasteiger partial charge in [0.15, 0.2) is 0 Å². The molecule has 1 atom stereocenters. The number of aromatic nitrogens is 2. The summed E-state index contributed by atoms with van der Waals surface area (Å²) in [6.45, 7) is 4.51. The predicted octanol–water partition coefficient (Wildman–Crippen LogP) is 2.81. The van der Waals surface area contributed by atoms with Crippen molar-refractivity contribution in [1.82, 2.24) is 20.0 Å². The fraction of sp³-hybridized carbons (Fsp3) is 0.474. The number of amides is 1. The molecule has 1 aromatic carbocycles. The van der Waals surface area contributed by atoms with E-state index in [1.165, 1.54) is 11.3 Å². The van der Waals surface area contributed by atoms with Crippen LogP contribution in [0.5, 0.6) is 0 Å². The Morgan fingerprint density at radius 2 is 2.00 bits per heavy atom. The van der Waals surface area contributed by atoms with E-state index in [1.807, 2.05) is 36.3 Å². The number of carbonyl (C=O) groups excluding carboxylic acids is 1. The summed E-state index contributed by atoms with van der Waals surface area (Å²) in [5.74, 6) is 0.728. The maximum absolute atomic E-state index is 12.6. The van der Waals surface area contributed by atoms with Crippen molar-refractivity contribution < 1.29 is 4.79 Å². The standard InChI is InChI=1S/C19H26N4O/c1-15(16-6-4-3-5-7-16)22(2)19(24)14-23-12-9-17(10-13-23)18-8-11-20-21-18/h3-8,11,15,17H,9-10,12-14H2,1-2H3,(H,20,21)/t15-/m1/s1. The summed E-state index contributed by atoms with van der Waals surface area (Å²) < 4.78 is 0. The molecule has 1 N–H and O–H groups in total. The zero-order valence-corrected chi connectivity index (χ0v) is 14.5. The van der Waals surface area contributed by atoms with E-state index >= 15 is 0 Å². The summed E-state index contributed by atoms with van der Waals surface area (Å²) in [4.78, 5) is 16.7. The van der Waals surface area contributed by atoms with E-state index in [0.717, 1.165) is 25.9 Å². The molecule has 128 valence electrons. The predicted molar refractivity (Wildman–Crippen MR) is 94.6 cm³/mol. The molecule has 1 aliphatic heterocycles. The van der Waals surface area contributed by atoms with E-state index in [2.05, 4.69) is 40.2 Å². The quantitative estimate of drug-likeness (QED) is 0.919. The normalized spacial score (nSPS) is 17.6. The third kappa shape index (κ3) is 3.85. The lowest BCUT2D eigenvalue weighted by atomic mass is 9.94. The average molecular weight is 326 g/mol. The number of hydrogen-bond acceptors (Lipinski definition) is 3. The Morgan fingerprint density at radius 3 is 2.62 bits per heavy atom. The van der Waals surface area contributed by atoms with Crippen LogP contribution in [0.3, 0.4) is 0 Å². The number of nitrogens with zero attached hydrogens (tertiary/aromatic N) is 3. The molecule has 1 amide bonds. The van der Waals surface area contributed by atoms with Crippen molar-refractivity contribution >= 4 is 5.91 Å². The molecule has 24 heavy (non-hydrogen) atoms. The van der Waals surface area contributed by atoms with Gasteiger partial charge in [0.25, 0.3) is 0 Å². The Morgan fingerprint density at radius 1 is 1.29 bits per heavy atom. The second kappa shape index (κ2) is 7.62. The molecule has 0 radical (unpaired) electrons. The molecular formula is C19H26N4O. The van der Waals surface area contributed by atoms with E-state index in [0.29, 0.717) is 12.5 Å². The highest BCUT2D eigenvalue weighted by atomic mass is 16.2. The van der Waals surface area contributed by atoms with Gasteiger partial charge in [0.1, 0.15) is 0 Å². The van der Waals surface area contributed by atoms with E-state index in [1.54, 1.807) is 0 Å². The lowest BCUT2D eigenvalue weighted by Gasteiger charge is -2.33. The number of likely N-dealkylation sites (N-methyl/N-ethyl adjacent to an activating group) is 1. The van der Waals surface area contributed by atoms with E-state index in [-0.39, 0.29) is 11.9 Å². The molecule has 0 saturated carbocycles. The van der Waals surface area contributed by atoms with Crippen molar-refractivity contribution in [3.63, 3.8) is 0 Å². The van der Waals surface area contributed by atoms with Crippen LogP contribution in [0, 0.1) is 0 Å². The largest absolute Gasteiger partial charge is 0.338 e. The average Bonchev–Trinajstić information content (AvgIpc) is 3.16. The summed E-state index contributed by atoms with van der Waals surface area (Å²) in [5.41, 5.74) is 2.39. The highest BCUT2D eigenvalue weighted by molar-refractivity contribution is 5.78. The summed E-state index contributed by atoms with van der Waals surface area (Å²) in [7, 11) is 1.90. The lowest BCUT2D eigenvalue weighted by molar-refractivity contribution is -0.133.